The van der Waals surface area contributed by atoms with Crippen LogP contribution in [0.1, 0.15) is 5.56 Å². The van der Waals surface area contributed by atoms with Crippen molar-refractivity contribution in [1.82, 2.24) is 4.98 Å². The average Bonchev–Trinajstić information content (AvgIpc) is 2.48. The predicted molar refractivity (Wildman–Crippen MR) is 90.1 cm³/mol. The lowest BCUT2D eigenvalue weighted by molar-refractivity contribution is -0.274. The molecule has 1 aromatic heterocycles. The molecule has 24 heavy (non-hydrogen) atoms. The molecule has 3 aromatic rings. The number of nitrogens with one attached hydrogen (secondary N) is 1. The maximum atomic E-state index is 12.1. The Balaban J connectivity index is 0.00000208. The Morgan fingerprint density at radius 1 is 1.00 bits per heavy atom. The number of anilines is 2. The molecule has 7 heteroatoms. The minimum absolute atomic E-state index is 0. The van der Waals surface area contributed by atoms with Gasteiger partial charge in [-0.3, -0.25) is 0 Å². The van der Waals surface area contributed by atoms with Crippen molar-refractivity contribution in [3.63, 3.8) is 0 Å². The van der Waals surface area contributed by atoms with E-state index < -0.39 is 6.36 Å². The first-order chi connectivity index (χ1) is 10.9. The number of ether oxygens (including phenoxy) is 1. The molecule has 0 fully saturated rings. The smallest absolute Gasteiger partial charge is 0.406 e. The molecule has 3 rings (SSSR count). The van der Waals surface area contributed by atoms with Crippen molar-refractivity contribution >= 4 is 34.8 Å². The van der Waals surface area contributed by atoms with E-state index in [4.69, 9.17) is 0 Å². The monoisotopic (exact) mass is 354 g/mol. The van der Waals surface area contributed by atoms with Crippen LogP contribution in [0.5, 0.6) is 5.75 Å². The lowest BCUT2D eigenvalue weighted by Crippen LogP contribution is -2.16. The highest BCUT2D eigenvalue weighted by atomic mass is 35.5. The Kier molecular flexibility index (Phi) is 5.19. The molecule has 0 bridgehead atoms. The third-order valence-corrected chi connectivity index (χ3v) is 3.28. The van der Waals surface area contributed by atoms with Crippen LogP contribution in [0.3, 0.4) is 0 Å². The van der Waals surface area contributed by atoms with E-state index in [1.54, 1.807) is 0 Å². The summed E-state index contributed by atoms with van der Waals surface area (Å²) in [5, 5.41) is 4.14. The Bertz CT molecular complexity index is 835. The number of rotatable bonds is 3. The second kappa shape index (κ2) is 6.97. The fourth-order valence-electron chi connectivity index (χ4n) is 2.30. The van der Waals surface area contributed by atoms with Gasteiger partial charge < -0.3 is 10.1 Å². The van der Waals surface area contributed by atoms with Crippen molar-refractivity contribution in [3.05, 3.63) is 60.2 Å². The molecule has 1 heterocycles. The van der Waals surface area contributed by atoms with Gasteiger partial charge >= 0.3 is 6.36 Å². The van der Waals surface area contributed by atoms with Gasteiger partial charge in [-0.2, -0.15) is 0 Å². The maximum absolute atomic E-state index is 12.1. The summed E-state index contributed by atoms with van der Waals surface area (Å²) in [6.07, 6.45) is -4.69. The quantitative estimate of drug-likeness (QED) is 0.664. The van der Waals surface area contributed by atoms with E-state index in [1.165, 1.54) is 24.3 Å². The van der Waals surface area contributed by atoms with E-state index in [0.717, 1.165) is 16.5 Å². The van der Waals surface area contributed by atoms with Crippen LogP contribution in [-0.4, -0.2) is 11.3 Å². The van der Waals surface area contributed by atoms with E-state index >= 15 is 0 Å². The summed E-state index contributed by atoms with van der Waals surface area (Å²) in [5.74, 6) is 0.372. The number of fused-ring (bicyclic) bond motifs is 1. The van der Waals surface area contributed by atoms with Crippen molar-refractivity contribution in [1.29, 1.82) is 0 Å². The van der Waals surface area contributed by atoms with E-state index in [1.807, 2.05) is 37.3 Å². The summed E-state index contributed by atoms with van der Waals surface area (Å²) in [6, 6.07) is 15.2. The third-order valence-electron chi connectivity index (χ3n) is 3.28. The molecule has 2 aromatic carbocycles. The zero-order chi connectivity index (χ0) is 16.4. The lowest BCUT2D eigenvalue weighted by Gasteiger charge is -2.11. The predicted octanol–water partition coefficient (Wildman–Crippen LogP) is 5.61. The first-order valence-corrected chi connectivity index (χ1v) is 6.90. The number of hydrogen-bond acceptors (Lipinski definition) is 3. The molecular formula is C17H14ClF3N2O. The molecule has 3 nitrogen and oxygen atoms in total. The van der Waals surface area contributed by atoms with E-state index in [2.05, 4.69) is 15.0 Å². The zero-order valence-electron chi connectivity index (χ0n) is 12.6. The normalized spacial score (nSPS) is 11.0. The summed E-state index contributed by atoms with van der Waals surface area (Å²) in [7, 11) is 0. The Morgan fingerprint density at radius 3 is 2.33 bits per heavy atom. The molecule has 126 valence electrons. The number of para-hydroxylation sites is 1. The minimum atomic E-state index is -4.69. The number of hydrogen-bond donors (Lipinski definition) is 1. The largest absolute Gasteiger partial charge is 0.573 e. The van der Waals surface area contributed by atoms with Crippen molar-refractivity contribution in [2.24, 2.45) is 0 Å². The van der Waals surface area contributed by atoms with Gasteiger partial charge in [-0.15, -0.1) is 25.6 Å². The van der Waals surface area contributed by atoms with Crippen LogP contribution in [0.2, 0.25) is 0 Å². The van der Waals surface area contributed by atoms with Crippen LogP contribution in [0.15, 0.2) is 54.6 Å². The lowest BCUT2D eigenvalue weighted by atomic mass is 10.1. The van der Waals surface area contributed by atoms with Gasteiger partial charge in [0.15, 0.2) is 0 Å². The zero-order valence-corrected chi connectivity index (χ0v) is 13.4. The van der Waals surface area contributed by atoms with Gasteiger partial charge in [0.05, 0.1) is 5.52 Å². The summed E-state index contributed by atoms with van der Waals surface area (Å²) in [4.78, 5) is 4.49. The van der Waals surface area contributed by atoms with E-state index in [9.17, 15) is 13.2 Å². The van der Waals surface area contributed by atoms with Gasteiger partial charge in [-0.1, -0.05) is 18.2 Å². The number of benzene rings is 2. The number of halogens is 4. The fraction of sp³-hybridized carbons (Fsp3) is 0.118. The summed E-state index contributed by atoms with van der Waals surface area (Å²) < 4.78 is 40.2. The highest BCUT2D eigenvalue weighted by Crippen LogP contribution is 2.26. The Hall–Kier alpha value is -2.47. The molecular weight excluding hydrogens is 341 g/mol. The second-order valence-corrected chi connectivity index (χ2v) is 5.04. The van der Waals surface area contributed by atoms with Crippen molar-refractivity contribution in [2.45, 2.75) is 13.3 Å². The molecule has 0 radical (unpaired) electrons. The topological polar surface area (TPSA) is 34.1 Å². The first-order valence-electron chi connectivity index (χ1n) is 6.90. The van der Waals surface area contributed by atoms with Crippen LogP contribution < -0.4 is 10.1 Å². The van der Waals surface area contributed by atoms with E-state index in [0.29, 0.717) is 11.5 Å². The summed E-state index contributed by atoms with van der Waals surface area (Å²) >= 11 is 0. The number of pyridine rings is 1. The van der Waals surface area contributed by atoms with Crippen LogP contribution in [0.25, 0.3) is 10.9 Å². The number of aryl methyl sites for hydroxylation is 1. The Morgan fingerprint density at radius 2 is 1.67 bits per heavy atom. The minimum Gasteiger partial charge on any atom is -0.406 e. The van der Waals surface area contributed by atoms with Gasteiger partial charge in [0.1, 0.15) is 11.6 Å². The molecule has 0 unspecified atom stereocenters. The summed E-state index contributed by atoms with van der Waals surface area (Å²) in [6.45, 7) is 1.98. The van der Waals surface area contributed by atoms with E-state index in [-0.39, 0.29) is 18.2 Å². The molecule has 0 spiro atoms. The van der Waals surface area contributed by atoms with Gasteiger partial charge in [0.25, 0.3) is 0 Å². The second-order valence-electron chi connectivity index (χ2n) is 5.04. The number of nitrogens with zero attached hydrogens (tertiary/aromatic N) is 1. The number of aromatic nitrogens is 1. The highest BCUT2D eigenvalue weighted by molar-refractivity contribution is 5.85. The molecule has 0 aliphatic rings. The van der Waals surface area contributed by atoms with Gasteiger partial charge in [-0.05, 0) is 48.9 Å². The van der Waals surface area contributed by atoms with Crippen molar-refractivity contribution < 1.29 is 17.9 Å². The third kappa shape index (κ3) is 4.29. The molecule has 0 amide bonds. The first kappa shape index (κ1) is 17.9. The molecule has 0 saturated heterocycles. The van der Waals surface area contributed by atoms with Gasteiger partial charge in [0, 0.05) is 11.1 Å². The van der Waals surface area contributed by atoms with Crippen molar-refractivity contribution in [2.75, 3.05) is 5.32 Å². The maximum Gasteiger partial charge on any atom is 0.573 e. The molecule has 1 N–H and O–H groups in total. The van der Waals surface area contributed by atoms with Crippen LogP contribution in [-0.2, 0) is 0 Å². The fourth-order valence-corrected chi connectivity index (χ4v) is 2.30. The highest BCUT2D eigenvalue weighted by Gasteiger charge is 2.30. The SMILES string of the molecule is Cc1cc(Nc2ccc(OC(F)(F)F)cc2)nc2ccccc12.Cl. The van der Waals surface area contributed by atoms with Gasteiger partial charge in [-0.25, -0.2) is 4.98 Å². The van der Waals surface area contributed by atoms with Crippen LogP contribution >= 0.6 is 12.4 Å². The summed E-state index contributed by atoms with van der Waals surface area (Å²) in [5.41, 5.74) is 2.55. The van der Waals surface area contributed by atoms with Crippen molar-refractivity contribution in [3.8, 4) is 5.75 Å². The van der Waals surface area contributed by atoms with Crippen LogP contribution in [0, 0.1) is 6.92 Å². The average molecular weight is 355 g/mol. The van der Waals surface area contributed by atoms with Gasteiger partial charge in [0.2, 0.25) is 0 Å². The number of alkyl halides is 3. The van der Waals surface area contributed by atoms with Crippen LogP contribution in [0.4, 0.5) is 24.7 Å². The molecule has 0 aliphatic heterocycles. The standard InChI is InChI=1S/C17H13F3N2O.ClH/c1-11-10-16(22-15-5-3-2-4-14(11)15)21-12-6-8-13(9-7-12)23-17(18,19)20;/h2-10H,1H3,(H,21,22);1H. The molecule has 0 atom stereocenters. The molecule has 0 saturated carbocycles. The molecule has 0 aliphatic carbocycles. The Labute approximate surface area is 142 Å².